The monoisotopic (exact) mass is 258 g/mol. The third-order valence-corrected chi connectivity index (χ3v) is 3.76. The molecule has 18 heavy (non-hydrogen) atoms. The Balaban J connectivity index is 2.15. The maximum atomic E-state index is 8.84. The summed E-state index contributed by atoms with van der Waals surface area (Å²) in [4.78, 5) is 1.31. The van der Waals surface area contributed by atoms with Crippen LogP contribution in [0.2, 0.25) is 0 Å². The first-order chi connectivity index (χ1) is 8.74. The molecule has 0 saturated carbocycles. The largest absolute Gasteiger partial charge is 0.495 e. The minimum absolute atomic E-state index is 0.602. The summed E-state index contributed by atoms with van der Waals surface area (Å²) in [5, 5.41) is 14.3. The van der Waals surface area contributed by atoms with Crippen molar-refractivity contribution in [2.75, 3.05) is 12.4 Å². The number of ether oxygens (including phenoxy) is 1. The Morgan fingerprint density at radius 1 is 1.39 bits per heavy atom. The Morgan fingerprint density at radius 3 is 2.83 bits per heavy atom. The summed E-state index contributed by atoms with van der Waals surface area (Å²) in [6, 6.07) is 9.61. The van der Waals surface area contributed by atoms with Crippen LogP contribution in [0.3, 0.4) is 0 Å². The van der Waals surface area contributed by atoms with Gasteiger partial charge in [-0.05, 0) is 36.1 Å². The predicted molar refractivity (Wildman–Crippen MR) is 74.1 cm³/mol. The highest BCUT2D eigenvalue weighted by Crippen LogP contribution is 2.26. The molecule has 1 N–H and O–H groups in total. The Kier molecular flexibility index (Phi) is 3.85. The number of aryl methyl sites for hydroxylation is 1. The molecule has 3 nitrogen and oxygen atoms in total. The smallest absolute Gasteiger partial charge is 0.143 e. The van der Waals surface area contributed by atoms with Gasteiger partial charge in [-0.25, -0.2) is 0 Å². The first-order valence-corrected chi connectivity index (χ1v) is 6.47. The van der Waals surface area contributed by atoms with Crippen LogP contribution in [-0.4, -0.2) is 7.11 Å². The van der Waals surface area contributed by atoms with Crippen LogP contribution in [-0.2, 0) is 6.54 Å². The van der Waals surface area contributed by atoms with E-state index in [-0.39, 0.29) is 0 Å². The van der Waals surface area contributed by atoms with E-state index in [2.05, 4.69) is 29.8 Å². The van der Waals surface area contributed by atoms with Crippen LogP contribution >= 0.6 is 11.3 Å². The van der Waals surface area contributed by atoms with Crippen LogP contribution in [0.5, 0.6) is 5.75 Å². The SMILES string of the molecule is COc1cc(C#N)ccc1NCc1sccc1C. The zero-order chi connectivity index (χ0) is 13.0. The molecule has 0 aliphatic rings. The number of nitriles is 1. The van der Waals surface area contributed by atoms with E-state index in [0.717, 1.165) is 12.2 Å². The van der Waals surface area contributed by atoms with Crippen molar-refractivity contribution in [3.8, 4) is 11.8 Å². The molecule has 1 aromatic carbocycles. The van der Waals surface area contributed by atoms with E-state index in [1.807, 2.05) is 6.07 Å². The van der Waals surface area contributed by atoms with Gasteiger partial charge >= 0.3 is 0 Å². The van der Waals surface area contributed by atoms with Crippen LogP contribution in [0, 0.1) is 18.3 Å². The molecule has 92 valence electrons. The second-order valence-corrected chi connectivity index (χ2v) is 4.91. The fourth-order valence-corrected chi connectivity index (χ4v) is 2.51. The van der Waals surface area contributed by atoms with E-state index >= 15 is 0 Å². The van der Waals surface area contributed by atoms with Crippen molar-refractivity contribution in [2.24, 2.45) is 0 Å². The van der Waals surface area contributed by atoms with Gasteiger partial charge in [0.2, 0.25) is 0 Å². The average molecular weight is 258 g/mol. The van der Waals surface area contributed by atoms with Crippen LogP contribution in [0.25, 0.3) is 0 Å². The van der Waals surface area contributed by atoms with E-state index in [1.54, 1.807) is 30.6 Å². The number of anilines is 1. The number of hydrogen-bond donors (Lipinski definition) is 1. The van der Waals surface area contributed by atoms with Gasteiger partial charge in [-0.2, -0.15) is 5.26 Å². The Bertz CT molecular complexity index is 584. The Labute approximate surface area is 111 Å². The lowest BCUT2D eigenvalue weighted by molar-refractivity contribution is 0.416. The van der Waals surface area contributed by atoms with Gasteiger partial charge < -0.3 is 10.1 Å². The van der Waals surface area contributed by atoms with Gasteiger partial charge in [-0.1, -0.05) is 0 Å². The summed E-state index contributed by atoms with van der Waals surface area (Å²) < 4.78 is 5.28. The molecule has 0 amide bonds. The van der Waals surface area contributed by atoms with E-state index in [0.29, 0.717) is 11.3 Å². The van der Waals surface area contributed by atoms with Crippen molar-refractivity contribution < 1.29 is 4.74 Å². The molecule has 2 aromatic rings. The molecule has 2 rings (SSSR count). The summed E-state index contributed by atoms with van der Waals surface area (Å²) in [6.45, 7) is 2.87. The molecule has 1 aromatic heterocycles. The molecule has 0 atom stereocenters. The molecule has 0 saturated heterocycles. The topological polar surface area (TPSA) is 45.0 Å². The van der Waals surface area contributed by atoms with Gasteiger partial charge in [0.1, 0.15) is 5.75 Å². The van der Waals surface area contributed by atoms with Gasteiger partial charge in [0.05, 0.1) is 24.4 Å². The Hall–Kier alpha value is -1.99. The van der Waals surface area contributed by atoms with Gasteiger partial charge in [0.25, 0.3) is 0 Å². The molecular formula is C14H14N2OS. The van der Waals surface area contributed by atoms with Gasteiger partial charge in [-0.15, -0.1) is 11.3 Å². The van der Waals surface area contributed by atoms with Crippen LogP contribution < -0.4 is 10.1 Å². The molecule has 0 unspecified atom stereocenters. The molecular weight excluding hydrogens is 244 g/mol. The van der Waals surface area contributed by atoms with Crippen LogP contribution in [0.15, 0.2) is 29.6 Å². The Morgan fingerprint density at radius 2 is 2.22 bits per heavy atom. The minimum atomic E-state index is 0.602. The third-order valence-electron chi connectivity index (χ3n) is 2.74. The van der Waals surface area contributed by atoms with Crippen LogP contribution in [0.4, 0.5) is 5.69 Å². The molecule has 0 fully saturated rings. The normalized spacial score (nSPS) is 9.83. The molecule has 4 heteroatoms. The average Bonchev–Trinajstić information content (AvgIpc) is 2.81. The highest BCUT2D eigenvalue weighted by atomic mass is 32.1. The number of rotatable bonds is 4. The van der Waals surface area contributed by atoms with Crippen molar-refractivity contribution in [3.63, 3.8) is 0 Å². The lowest BCUT2D eigenvalue weighted by Crippen LogP contribution is -2.01. The van der Waals surface area contributed by atoms with Crippen molar-refractivity contribution in [2.45, 2.75) is 13.5 Å². The number of methoxy groups -OCH3 is 1. The highest BCUT2D eigenvalue weighted by Gasteiger charge is 2.05. The van der Waals surface area contributed by atoms with Crippen molar-refractivity contribution in [3.05, 3.63) is 45.6 Å². The van der Waals surface area contributed by atoms with Gasteiger partial charge in [0.15, 0.2) is 0 Å². The van der Waals surface area contributed by atoms with Crippen molar-refractivity contribution in [1.82, 2.24) is 0 Å². The molecule has 0 bridgehead atoms. The summed E-state index contributed by atoms with van der Waals surface area (Å²) in [5.41, 5.74) is 2.80. The molecule has 0 spiro atoms. The number of hydrogen-bond acceptors (Lipinski definition) is 4. The fraction of sp³-hybridized carbons (Fsp3) is 0.214. The molecule has 1 heterocycles. The number of nitrogens with one attached hydrogen (secondary N) is 1. The summed E-state index contributed by atoms with van der Waals surface area (Å²) in [5.74, 6) is 0.697. The zero-order valence-corrected chi connectivity index (χ0v) is 11.2. The second kappa shape index (κ2) is 5.56. The van der Waals surface area contributed by atoms with Gasteiger partial charge in [0, 0.05) is 17.5 Å². The predicted octanol–water partition coefficient (Wildman–Crippen LogP) is 3.55. The number of nitrogens with zero attached hydrogens (tertiary/aromatic N) is 1. The van der Waals surface area contributed by atoms with E-state index in [1.165, 1.54) is 10.4 Å². The third kappa shape index (κ3) is 2.63. The molecule has 0 radical (unpaired) electrons. The molecule has 0 aliphatic carbocycles. The minimum Gasteiger partial charge on any atom is -0.495 e. The number of benzene rings is 1. The van der Waals surface area contributed by atoms with E-state index in [4.69, 9.17) is 10.00 Å². The summed E-state index contributed by atoms with van der Waals surface area (Å²) in [6.07, 6.45) is 0. The summed E-state index contributed by atoms with van der Waals surface area (Å²) in [7, 11) is 1.61. The van der Waals surface area contributed by atoms with Crippen molar-refractivity contribution >= 4 is 17.0 Å². The lowest BCUT2D eigenvalue weighted by atomic mass is 10.2. The number of thiophene rings is 1. The standard InChI is InChI=1S/C14H14N2OS/c1-10-5-6-18-14(10)9-16-12-4-3-11(8-15)7-13(12)17-2/h3-7,16H,9H2,1-2H3. The maximum absolute atomic E-state index is 8.84. The van der Waals surface area contributed by atoms with E-state index < -0.39 is 0 Å². The summed E-state index contributed by atoms with van der Waals surface area (Å²) >= 11 is 1.73. The first kappa shape index (κ1) is 12.5. The zero-order valence-electron chi connectivity index (χ0n) is 10.4. The highest BCUT2D eigenvalue weighted by molar-refractivity contribution is 7.10. The molecule has 0 aliphatic heterocycles. The lowest BCUT2D eigenvalue weighted by Gasteiger charge is -2.11. The van der Waals surface area contributed by atoms with E-state index in [9.17, 15) is 0 Å². The van der Waals surface area contributed by atoms with Crippen molar-refractivity contribution in [1.29, 1.82) is 5.26 Å². The maximum Gasteiger partial charge on any atom is 0.143 e. The second-order valence-electron chi connectivity index (χ2n) is 3.91. The first-order valence-electron chi connectivity index (χ1n) is 5.59. The van der Waals surface area contributed by atoms with Gasteiger partial charge in [-0.3, -0.25) is 0 Å². The quantitative estimate of drug-likeness (QED) is 0.912. The fourth-order valence-electron chi connectivity index (χ4n) is 1.67. The van der Waals surface area contributed by atoms with Crippen LogP contribution in [0.1, 0.15) is 16.0 Å².